The zero-order chi connectivity index (χ0) is 29.7. The van der Waals surface area contributed by atoms with E-state index in [1.54, 1.807) is 11.1 Å². The van der Waals surface area contributed by atoms with Crippen molar-refractivity contribution in [1.29, 1.82) is 0 Å². The molecule has 0 heterocycles. The predicted octanol–water partition coefficient (Wildman–Crippen LogP) is 6.91. The van der Waals surface area contributed by atoms with Crippen LogP contribution in [0, 0.1) is 0 Å². The van der Waals surface area contributed by atoms with Crippen molar-refractivity contribution in [1.82, 2.24) is 0 Å². The third kappa shape index (κ3) is 6.25. The Kier molecular flexibility index (Phi) is 12.3. The summed E-state index contributed by atoms with van der Waals surface area (Å²) in [6, 6.07) is 25.2. The summed E-state index contributed by atoms with van der Waals surface area (Å²) >= 11 is 24.7. The summed E-state index contributed by atoms with van der Waals surface area (Å²) in [5.74, 6) is 0. The first kappa shape index (κ1) is 36.0. The first-order valence-corrected chi connectivity index (χ1v) is 25.0. The minimum atomic E-state index is -2.29. The molecule has 0 N–H and O–H groups in total. The van der Waals surface area contributed by atoms with Crippen LogP contribution in [0.1, 0.15) is 56.2 Å². The van der Waals surface area contributed by atoms with Crippen LogP contribution in [0.2, 0.25) is 33.2 Å². The van der Waals surface area contributed by atoms with Crippen LogP contribution in [0.5, 0.6) is 0 Å². The third-order valence-corrected chi connectivity index (χ3v) is 29.5. The Bertz CT molecular complexity index is 1670. The van der Waals surface area contributed by atoms with E-state index in [9.17, 15) is 0 Å². The van der Waals surface area contributed by atoms with Crippen LogP contribution in [-0.2, 0) is 20.4 Å². The second-order valence-electron chi connectivity index (χ2n) is 11.3. The predicted molar refractivity (Wildman–Crippen MR) is 183 cm³/mol. The summed E-state index contributed by atoms with van der Waals surface area (Å²) in [5.41, 5.74) is 12.3. The molecule has 4 aromatic carbocycles. The van der Waals surface area contributed by atoms with Gasteiger partial charge in [-0.05, 0) is 0 Å². The zero-order valence-electron chi connectivity index (χ0n) is 24.9. The molecular formula is C36H32Cl6SiZr. The van der Waals surface area contributed by atoms with Crippen molar-refractivity contribution >= 4 is 64.0 Å². The van der Waals surface area contributed by atoms with E-state index in [2.05, 4.69) is 75.5 Å². The van der Waals surface area contributed by atoms with Gasteiger partial charge in [-0.15, -0.1) is 0 Å². The van der Waals surface area contributed by atoms with Crippen LogP contribution < -0.4 is 24.8 Å². The van der Waals surface area contributed by atoms with E-state index < -0.39 is 25.8 Å². The fraction of sp³-hybridized carbons (Fsp3) is 0.222. The summed E-state index contributed by atoms with van der Waals surface area (Å²) in [4.78, 5) is 0. The average molecular weight is 797 g/mol. The van der Waals surface area contributed by atoms with Crippen LogP contribution >= 0.6 is 46.4 Å². The molecule has 8 heteroatoms. The van der Waals surface area contributed by atoms with Gasteiger partial charge in [-0.1, -0.05) is 0 Å². The van der Waals surface area contributed by atoms with Crippen LogP contribution in [-0.4, -0.2) is 5.43 Å². The molecule has 2 atom stereocenters. The van der Waals surface area contributed by atoms with Crippen molar-refractivity contribution < 1.29 is 45.2 Å². The first-order valence-electron chi connectivity index (χ1n) is 14.5. The van der Waals surface area contributed by atoms with Gasteiger partial charge in [-0.2, -0.15) is 0 Å². The Morgan fingerprint density at radius 1 is 0.568 bits per heavy atom. The maximum atomic E-state index is 6.76. The van der Waals surface area contributed by atoms with Crippen molar-refractivity contribution in [3.05, 3.63) is 126 Å². The SMILES string of the molecule is CCC1=Cc2c(-c3c(Cl)cccc3Cl)cccc2[CH]1[Zr+2]([CH]1C(CC)=Cc2c(-c3c(Cl)cccc3Cl)cccc21)=[Si](C)C.[Cl-].[Cl-]. The van der Waals surface area contributed by atoms with Gasteiger partial charge in [-0.25, -0.2) is 0 Å². The number of benzene rings is 4. The molecule has 0 saturated heterocycles. The molecule has 2 aliphatic rings. The van der Waals surface area contributed by atoms with E-state index in [0.717, 1.165) is 35.1 Å². The molecule has 0 aliphatic heterocycles. The molecule has 6 rings (SSSR count). The Labute approximate surface area is 301 Å². The largest absolute Gasteiger partial charge is 1.00 e. The van der Waals surface area contributed by atoms with E-state index in [4.69, 9.17) is 46.4 Å². The van der Waals surface area contributed by atoms with Crippen molar-refractivity contribution in [2.45, 2.75) is 47.0 Å². The molecule has 4 aromatic rings. The number of hydrogen-bond donors (Lipinski definition) is 0. The smallest absolute Gasteiger partial charge is 1.00 e. The quantitative estimate of drug-likeness (QED) is 0.186. The normalized spacial score (nSPS) is 16.1. The van der Waals surface area contributed by atoms with Gasteiger partial charge in [0.25, 0.3) is 0 Å². The molecule has 44 heavy (non-hydrogen) atoms. The van der Waals surface area contributed by atoms with Gasteiger partial charge in [0.15, 0.2) is 0 Å². The Morgan fingerprint density at radius 3 is 1.23 bits per heavy atom. The maximum Gasteiger partial charge on any atom is -1.00 e. The summed E-state index contributed by atoms with van der Waals surface area (Å²) in [5, 5.41) is 2.80. The summed E-state index contributed by atoms with van der Waals surface area (Å²) in [6.07, 6.45) is 7.06. The second kappa shape index (κ2) is 15.0. The second-order valence-corrected chi connectivity index (χ2v) is 30.8. The standard InChI is InChI=1S/2C17H13Cl2.C2H6Si.2ClH.Zr/c2*1-2-11-9-12-5-3-6-13(14(12)10-11)17-15(18)7-4-8-16(17)19;1-3-2;;;/h2*3-10H,2H2,1H3;1-2H3;2*1H;/q;;;;;+2/p-2. The first-order chi connectivity index (χ1) is 20.3. The number of hydrogen-bond acceptors (Lipinski definition) is 0. The topological polar surface area (TPSA) is 0 Å². The van der Waals surface area contributed by atoms with Gasteiger partial charge in [-0.3, -0.25) is 0 Å². The fourth-order valence-corrected chi connectivity index (χ4v) is 29.0. The molecule has 0 bridgehead atoms. The Morgan fingerprint density at radius 2 is 0.909 bits per heavy atom. The number of rotatable bonds is 6. The van der Waals surface area contributed by atoms with Gasteiger partial charge < -0.3 is 24.8 Å². The van der Waals surface area contributed by atoms with Crippen LogP contribution in [0.4, 0.5) is 0 Å². The molecule has 0 nitrogen and oxygen atoms in total. The van der Waals surface area contributed by atoms with Crippen LogP contribution in [0.25, 0.3) is 34.4 Å². The molecule has 0 amide bonds. The van der Waals surface area contributed by atoms with E-state index in [0.29, 0.717) is 27.3 Å². The molecular weight excluding hydrogens is 764 g/mol. The molecule has 0 spiro atoms. The van der Waals surface area contributed by atoms with E-state index in [-0.39, 0.29) is 24.8 Å². The average Bonchev–Trinajstić information content (AvgIpc) is 3.52. The molecule has 2 aliphatic carbocycles. The van der Waals surface area contributed by atoms with Gasteiger partial charge in [0.2, 0.25) is 0 Å². The third-order valence-electron chi connectivity index (χ3n) is 8.78. The molecule has 0 fully saturated rings. The summed E-state index contributed by atoms with van der Waals surface area (Å²) < 4.78 is 1.05. The van der Waals surface area contributed by atoms with Crippen molar-refractivity contribution in [3.8, 4) is 22.3 Å². The van der Waals surface area contributed by atoms with Crippen molar-refractivity contribution in [2.24, 2.45) is 0 Å². The molecule has 2 unspecified atom stereocenters. The van der Waals surface area contributed by atoms with Gasteiger partial charge in [0, 0.05) is 0 Å². The van der Waals surface area contributed by atoms with Crippen LogP contribution in [0.3, 0.4) is 0 Å². The van der Waals surface area contributed by atoms with E-state index >= 15 is 0 Å². The summed E-state index contributed by atoms with van der Waals surface area (Å²) in [6.45, 7) is 9.78. The van der Waals surface area contributed by atoms with Crippen molar-refractivity contribution in [2.75, 3.05) is 0 Å². The number of halogens is 6. The monoisotopic (exact) mass is 792 g/mol. The van der Waals surface area contributed by atoms with Gasteiger partial charge >= 0.3 is 280 Å². The maximum absolute atomic E-state index is 6.76. The molecule has 0 aromatic heterocycles. The van der Waals surface area contributed by atoms with E-state index in [1.165, 1.54) is 22.3 Å². The molecule has 226 valence electrons. The van der Waals surface area contributed by atoms with E-state index in [1.807, 2.05) is 36.4 Å². The minimum absolute atomic E-state index is 0. The molecule has 0 radical (unpaired) electrons. The van der Waals surface area contributed by atoms with Crippen molar-refractivity contribution in [3.63, 3.8) is 0 Å². The van der Waals surface area contributed by atoms with Gasteiger partial charge in [0.1, 0.15) is 0 Å². The fourth-order valence-electron chi connectivity index (χ4n) is 6.97. The van der Waals surface area contributed by atoms with Gasteiger partial charge in [0.05, 0.1) is 0 Å². The minimum Gasteiger partial charge on any atom is -1.00 e. The molecule has 0 saturated carbocycles. The zero-order valence-corrected chi connectivity index (χ0v) is 32.9. The summed E-state index contributed by atoms with van der Waals surface area (Å²) in [7, 11) is 0. The number of allylic oxidation sites excluding steroid dienone is 2. The number of fused-ring (bicyclic) bond motifs is 2. The Hall–Kier alpha value is -0.800. The van der Waals surface area contributed by atoms with Crippen LogP contribution in [0.15, 0.2) is 83.9 Å². The Balaban J connectivity index is 0.00000221.